The lowest BCUT2D eigenvalue weighted by atomic mass is 9.84. The van der Waals surface area contributed by atoms with Gasteiger partial charge in [0.15, 0.2) is 11.5 Å². The second-order valence-electron chi connectivity index (χ2n) is 9.98. The summed E-state index contributed by atoms with van der Waals surface area (Å²) in [5.41, 5.74) is 2.20. The van der Waals surface area contributed by atoms with E-state index >= 15 is 0 Å². The minimum absolute atomic E-state index is 0.0573. The largest absolute Gasteiger partial charge is 0.482 e. The third-order valence-electron chi connectivity index (χ3n) is 7.69. The number of benzene rings is 2. The number of para-hydroxylation sites is 1. The summed E-state index contributed by atoms with van der Waals surface area (Å²) in [6.45, 7) is 6.93. The van der Waals surface area contributed by atoms with Gasteiger partial charge in [0.2, 0.25) is 12.7 Å². The number of amides is 2. The monoisotopic (exact) mass is 489 g/mol. The third kappa shape index (κ3) is 4.30. The molecular formula is C28H31N3O5. The number of carbonyl (C=O) groups excluding carboxylic acids is 2. The molecule has 2 aromatic rings. The summed E-state index contributed by atoms with van der Waals surface area (Å²) in [4.78, 5) is 31.8. The van der Waals surface area contributed by atoms with Gasteiger partial charge in [-0.05, 0) is 29.8 Å². The Hall–Kier alpha value is -3.52. The van der Waals surface area contributed by atoms with Gasteiger partial charge in [-0.3, -0.25) is 14.5 Å². The first-order valence-corrected chi connectivity index (χ1v) is 12.7. The van der Waals surface area contributed by atoms with Gasteiger partial charge in [0, 0.05) is 71.1 Å². The van der Waals surface area contributed by atoms with Crippen molar-refractivity contribution in [2.24, 2.45) is 0 Å². The van der Waals surface area contributed by atoms with Crippen molar-refractivity contribution >= 4 is 17.4 Å². The topological polar surface area (TPSA) is 71.6 Å². The van der Waals surface area contributed by atoms with Gasteiger partial charge in [0.1, 0.15) is 11.4 Å². The Labute approximate surface area is 211 Å². The van der Waals surface area contributed by atoms with Crippen molar-refractivity contribution < 1.29 is 23.8 Å². The molecule has 1 spiro atoms. The summed E-state index contributed by atoms with van der Waals surface area (Å²) in [7, 11) is 0. The number of piperidine rings is 1. The number of hydrogen-bond donors (Lipinski definition) is 0. The van der Waals surface area contributed by atoms with E-state index in [4.69, 9.17) is 14.2 Å². The van der Waals surface area contributed by atoms with E-state index in [9.17, 15) is 9.59 Å². The molecule has 4 aliphatic rings. The van der Waals surface area contributed by atoms with Gasteiger partial charge in [-0.25, -0.2) is 0 Å². The van der Waals surface area contributed by atoms with E-state index in [0.29, 0.717) is 39.0 Å². The molecule has 8 heteroatoms. The van der Waals surface area contributed by atoms with Crippen LogP contribution in [0.3, 0.4) is 0 Å². The van der Waals surface area contributed by atoms with E-state index in [1.807, 2.05) is 52.3 Å². The van der Waals surface area contributed by atoms with Crippen molar-refractivity contribution in [3.05, 3.63) is 59.7 Å². The number of fused-ring (bicyclic) bond motifs is 2. The second kappa shape index (κ2) is 9.17. The Kier molecular flexibility index (Phi) is 5.84. The van der Waals surface area contributed by atoms with E-state index in [0.717, 1.165) is 48.0 Å². The molecule has 188 valence electrons. The molecule has 0 atom stereocenters. The molecule has 2 saturated heterocycles. The number of hydrogen-bond acceptors (Lipinski definition) is 6. The van der Waals surface area contributed by atoms with Gasteiger partial charge in [0.25, 0.3) is 5.91 Å². The van der Waals surface area contributed by atoms with Crippen molar-refractivity contribution in [2.45, 2.75) is 31.9 Å². The fraction of sp³-hybridized carbons (Fsp3) is 0.429. The molecule has 2 fully saturated rings. The van der Waals surface area contributed by atoms with Crippen LogP contribution in [0.25, 0.3) is 5.57 Å². The van der Waals surface area contributed by atoms with Crippen molar-refractivity contribution in [1.82, 2.24) is 14.7 Å². The van der Waals surface area contributed by atoms with Gasteiger partial charge >= 0.3 is 0 Å². The summed E-state index contributed by atoms with van der Waals surface area (Å²) in [6, 6.07) is 13.9. The predicted octanol–water partition coefficient (Wildman–Crippen LogP) is 2.92. The minimum Gasteiger partial charge on any atom is -0.482 e. The summed E-state index contributed by atoms with van der Waals surface area (Å²) in [5.74, 6) is 2.49. The molecule has 0 radical (unpaired) electrons. The molecule has 0 saturated carbocycles. The molecule has 0 aromatic heterocycles. The summed E-state index contributed by atoms with van der Waals surface area (Å²) >= 11 is 0. The zero-order chi connectivity index (χ0) is 24.7. The van der Waals surface area contributed by atoms with E-state index in [1.165, 1.54) is 5.56 Å². The lowest BCUT2D eigenvalue weighted by Gasteiger charge is -2.43. The van der Waals surface area contributed by atoms with E-state index in [2.05, 4.69) is 11.0 Å². The number of rotatable bonds is 3. The van der Waals surface area contributed by atoms with E-state index in [-0.39, 0.29) is 18.6 Å². The molecule has 2 amide bonds. The first kappa shape index (κ1) is 22.9. The van der Waals surface area contributed by atoms with Crippen LogP contribution in [0.15, 0.2) is 48.5 Å². The lowest BCUT2D eigenvalue weighted by Crippen LogP contribution is -2.51. The van der Waals surface area contributed by atoms with Crippen molar-refractivity contribution in [3.8, 4) is 17.2 Å². The van der Waals surface area contributed by atoms with Gasteiger partial charge in [0.05, 0.1) is 5.57 Å². The maximum Gasteiger partial charge on any atom is 0.254 e. The first-order valence-electron chi connectivity index (χ1n) is 12.7. The van der Waals surface area contributed by atoms with Crippen LogP contribution in [0.2, 0.25) is 0 Å². The average Bonchev–Trinajstić information content (AvgIpc) is 3.36. The molecule has 6 rings (SSSR count). The number of likely N-dealkylation sites (tertiary alicyclic amines) is 1. The first-order chi connectivity index (χ1) is 17.5. The zero-order valence-electron chi connectivity index (χ0n) is 20.6. The molecule has 4 aliphatic heterocycles. The quantitative estimate of drug-likeness (QED) is 0.660. The van der Waals surface area contributed by atoms with E-state index in [1.54, 1.807) is 6.92 Å². The third-order valence-corrected chi connectivity index (χ3v) is 7.69. The lowest BCUT2D eigenvalue weighted by molar-refractivity contribution is -0.132. The number of carbonyl (C=O) groups is 2. The normalized spacial score (nSPS) is 20.5. The number of piperazine rings is 1. The Morgan fingerprint density at radius 1 is 0.861 bits per heavy atom. The fourth-order valence-corrected chi connectivity index (χ4v) is 5.57. The molecule has 0 unspecified atom stereocenters. The van der Waals surface area contributed by atoms with Crippen LogP contribution in [0.1, 0.15) is 30.9 Å². The molecular weight excluding hydrogens is 458 g/mol. The van der Waals surface area contributed by atoms with Crippen molar-refractivity contribution in [3.63, 3.8) is 0 Å². The fourth-order valence-electron chi connectivity index (χ4n) is 5.57. The average molecular weight is 490 g/mol. The maximum absolute atomic E-state index is 13.8. The van der Waals surface area contributed by atoms with Crippen LogP contribution in [0.5, 0.6) is 17.2 Å². The Morgan fingerprint density at radius 3 is 2.39 bits per heavy atom. The van der Waals surface area contributed by atoms with Gasteiger partial charge in [-0.15, -0.1) is 0 Å². The molecule has 0 bridgehead atoms. The van der Waals surface area contributed by atoms with Gasteiger partial charge in [-0.2, -0.15) is 0 Å². The molecule has 0 aliphatic carbocycles. The van der Waals surface area contributed by atoms with Crippen LogP contribution in [-0.2, 0) is 16.1 Å². The second-order valence-corrected chi connectivity index (χ2v) is 9.98. The SMILES string of the molecule is CC(=O)N1CCC2(C=C(C(=O)N3CCN(Cc4ccc5c(c4)OCO5)CC3)c3ccccc3O2)CC1. The zero-order valence-corrected chi connectivity index (χ0v) is 20.6. The van der Waals surface area contributed by atoms with Crippen LogP contribution >= 0.6 is 0 Å². The Balaban J connectivity index is 1.15. The summed E-state index contributed by atoms with van der Waals surface area (Å²) < 4.78 is 17.4. The summed E-state index contributed by atoms with van der Waals surface area (Å²) in [5, 5.41) is 0. The molecule has 4 heterocycles. The highest BCUT2D eigenvalue weighted by molar-refractivity contribution is 6.20. The maximum atomic E-state index is 13.8. The highest BCUT2D eigenvalue weighted by Crippen LogP contribution is 2.41. The molecule has 0 N–H and O–H groups in total. The highest BCUT2D eigenvalue weighted by atomic mass is 16.7. The Morgan fingerprint density at radius 2 is 1.61 bits per heavy atom. The van der Waals surface area contributed by atoms with Crippen molar-refractivity contribution in [2.75, 3.05) is 46.1 Å². The Bertz CT molecular complexity index is 1210. The van der Waals surface area contributed by atoms with E-state index < -0.39 is 5.60 Å². The van der Waals surface area contributed by atoms with Crippen molar-refractivity contribution in [1.29, 1.82) is 0 Å². The molecule has 8 nitrogen and oxygen atoms in total. The number of ether oxygens (including phenoxy) is 3. The highest BCUT2D eigenvalue weighted by Gasteiger charge is 2.41. The van der Waals surface area contributed by atoms with Gasteiger partial charge < -0.3 is 24.0 Å². The summed E-state index contributed by atoms with van der Waals surface area (Å²) in [6.07, 6.45) is 3.40. The van der Waals surface area contributed by atoms with Crippen LogP contribution in [0, 0.1) is 0 Å². The van der Waals surface area contributed by atoms with Crippen LogP contribution in [-0.4, -0.2) is 78.2 Å². The smallest absolute Gasteiger partial charge is 0.254 e. The number of nitrogens with zero attached hydrogens (tertiary/aromatic N) is 3. The standard InChI is InChI=1S/C28H31N3O5/c1-20(32)30-10-8-28(9-11-30)17-23(22-4-2-3-5-24(22)36-28)27(33)31-14-12-29(13-15-31)18-21-6-7-25-26(16-21)35-19-34-25/h2-7,16-17H,8-15,18-19H2,1H3. The molecule has 2 aromatic carbocycles. The predicted molar refractivity (Wildman–Crippen MR) is 134 cm³/mol. The minimum atomic E-state index is -0.549. The van der Waals surface area contributed by atoms with Crippen LogP contribution < -0.4 is 14.2 Å². The molecule has 36 heavy (non-hydrogen) atoms. The van der Waals surface area contributed by atoms with Crippen LogP contribution in [0.4, 0.5) is 0 Å². The van der Waals surface area contributed by atoms with Gasteiger partial charge in [-0.1, -0.05) is 24.3 Å².